The quantitative estimate of drug-likeness (QED) is 0.838. The van der Waals surface area contributed by atoms with E-state index in [1.807, 2.05) is 30.3 Å². The van der Waals surface area contributed by atoms with Gasteiger partial charge in [-0.1, -0.05) is 43.2 Å². The minimum atomic E-state index is -0.948. The van der Waals surface area contributed by atoms with Crippen molar-refractivity contribution >= 4 is 5.91 Å². The van der Waals surface area contributed by atoms with Crippen LogP contribution in [0.15, 0.2) is 30.3 Å². The SMILES string of the molecule is CC(O)C(=O)NC1(c2ccccc2)CCCC1. The summed E-state index contributed by atoms with van der Waals surface area (Å²) in [4.78, 5) is 11.7. The highest BCUT2D eigenvalue weighted by atomic mass is 16.3. The lowest BCUT2D eigenvalue weighted by Gasteiger charge is -2.31. The summed E-state index contributed by atoms with van der Waals surface area (Å²) in [6.07, 6.45) is 3.20. The largest absolute Gasteiger partial charge is 0.384 e. The van der Waals surface area contributed by atoms with Crippen LogP contribution in [0.2, 0.25) is 0 Å². The van der Waals surface area contributed by atoms with Gasteiger partial charge in [0.25, 0.3) is 0 Å². The Labute approximate surface area is 102 Å². The van der Waals surface area contributed by atoms with Crippen LogP contribution >= 0.6 is 0 Å². The van der Waals surface area contributed by atoms with E-state index in [0.29, 0.717) is 0 Å². The molecule has 1 saturated carbocycles. The monoisotopic (exact) mass is 233 g/mol. The van der Waals surface area contributed by atoms with Crippen LogP contribution < -0.4 is 5.32 Å². The number of carbonyl (C=O) groups is 1. The molecule has 3 heteroatoms. The molecule has 0 spiro atoms. The first-order valence-electron chi connectivity index (χ1n) is 6.20. The first-order chi connectivity index (χ1) is 8.14. The molecule has 0 aromatic heterocycles. The zero-order chi connectivity index (χ0) is 12.3. The maximum absolute atomic E-state index is 11.7. The van der Waals surface area contributed by atoms with Crippen molar-refractivity contribution in [3.63, 3.8) is 0 Å². The third kappa shape index (κ3) is 2.50. The smallest absolute Gasteiger partial charge is 0.249 e. The fourth-order valence-corrected chi connectivity index (χ4v) is 2.56. The van der Waals surface area contributed by atoms with Crippen LogP contribution in [-0.2, 0) is 10.3 Å². The van der Waals surface area contributed by atoms with E-state index in [-0.39, 0.29) is 11.4 Å². The standard InChI is InChI=1S/C14H19NO2/c1-11(16)13(17)15-14(9-5-6-10-14)12-7-3-2-4-8-12/h2-4,7-8,11,16H,5-6,9-10H2,1H3,(H,15,17). The Balaban J connectivity index is 2.24. The number of nitrogens with one attached hydrogen (secondary N) is 1. The molecule has 1 unspecified atom stereocenters. The van der Waals surface area contributed by atoms with Crippen molar-refractivity contribution in [1.29, 1.82) is 0 Å². The second-order valence-corrected chi connectivity index (χ2v) is 4.82. The molecule has 17 heavy (non-hydrogen) atoms. The van der Waals surface area contributed by atoms with E-state index in [0.717, 1.165) is 31.2 Å². The van der Waals surface area contributed by atoms with Gasteiger partial charge in [0.1, 0.15) is 6.10 Å². The Morgan fingerprint density at radius 2 is 1.88 bits per heavy atom. The number of aliphatic hydroxyl groups excluding tert-OH is 1. The minimum absolute atomic E-state index is 0.269. The Morgan fingerprint density at radius 3 is 2.41 bits per heavy atom. The van der Waals surface area contributed by atoms with Gasteiger partial charge in [-0.15, -0.1) is 0 Å². The van der Waals surface area contributed by atoms with E-state index in [9.17, 15) is 9.90 Å². The third-order valence-electron chi connectivity index (χ3n) is 3.53. The first kappa shape index (κ1) is 12.1. The van der Waals surface area contributed by atoms with Gasteiger partial charge < -0.3 is 10.4 Å². The minimum Gasteiger partial charge on any atom is -0.384 e. The molecule has 92 valence electrons. The van der Waals surface area contributed by atoms with Crippen molar-refractivity contribution in [2.45, 2.75) is 44.2 Å². The summed E-state index contributed by atoms with van der Waals surface area (Å²) in [5.74, 6) is -0.282. The number of benzene rings is 1. The molecule has 0 radical (unpaired) electrons. The molecular formula is C14H19NO2. The van der Waals surface area contributed by atoms with Crippen LogP contribution in [-0.4, -0.2) is 17.1 Å². The van der Waals surface area contributed by atoms with E-state index in [4.69, 9.17) is 0 Å². The number of carbonyl (C=O) groups excluding carboxylic acids is 1. The first-order valence-corrected chi connectivity index (χ1v) is 6.20. The Kier molecular flexibility index (Phi) is 3.48. The van der Waals surface area contributed by atoms with Gasteiger partial charge in [-0.25, -0.2) is 0 Å². The zero-order valence-electron chi connectivity index (χ0n) is 10.1. The van der Waals surface area contributed by atoms with E-state index >= 15 is 0 Å². The van der Waals surface area contributed by atoms with E-state index < -0.39 is 6.10 Å². The summed E-state index contributed by atoms with van der Waals surface area (Å²) in [6.45, 7) is 1.50. The summed E-state index contributed by atoms with van der Waals surface area (Å²) in [7, 11) is 0. The molecule has 0 aliphatic heterocycles. The van der Waals surface area contributed by atoms with Gasteiger partial charge in [0.2, 0.25) is 5.91 Å². The highest BCUT2D eigenvalue weighted by molar-refractivity contribution is 5.81. The molecule has 1 aromatic carbocycles. The highest BCUT2D eigenvalue weighted by Gasteiger charge is 2.37. The van der Waals surface area contributed by atoms with Gasteiger partial charge in [0.05, 0.1) is 5.54 Å². The van der Waals surface area contributed by atoms with E-state index in [1.165, 1.54) is 6.92 Å². The fraction of sp³-hybridized carbons (Fsp3) is 0.500. The average molecular weight is 233 g/mol. The summed E-state index contributed by atoms with van der Waals surface area (Å²) >= 11 is 0. The van der Waals surface area contributed by atoms with Gasteiger partial charge in [-0.3, -0.25) is 4.79 Å². The summed E-state index contributed by atoms with van der Waals surface area (Å²) < 4.78 is 0. The average Bonchev–Trinajstić information content (AvgIpc) is 2.80. The lowest BCUT2D eigenvalue weighted by Crippen LogP contribution is -2.47. The van der Waals surface area contributed by atoms with E-state index in [1.54, 1.807) is 0 Å². The van der Waals surface area contributed by atoms with Crippen LogP contribution in [0.4, 0.5) is 0 Å². The molecule has 2 N–H and O–H groups in total. The fourth-order valence-electron chi connectivity index (χ4n) is 2.56. The molecule has 1 atom stereocenters. The van der Waals surface area contributed by atoms with Crippen molar-refractivity contribution in [2.75, 3.05) is 0 Å². The Morgan fingerprint density at radius 1 is 1.29 bits per heavy atom. The topological polar surface area (TPSA) is 49.3 Å². The molecule has 0 bridgehead atoms. The number of rotatable bonds is 3. The number of hydrogen-bond acceptors (Lipinski definition) is 2. The van der Waals surface area contributed by atoms with Crippen molar-refractivity contribution in [3.8, 4) is 0 Å². The Bertz CT molecular complexity index is 380. The van der Waals surface area contributed by atoms with Crippen LogP contribution in [0.3, 0.4) is 0 Å². The van der Waals surface area contributed by atoms with Crippen molar-refractivity contribution in [3.05, 3.63) is 35.9 Å². The molecule has 2 rings (SSSR count). The lowest BCUT2D eigenvalue weighted by atomic mass is 9.88. The van der Waals surface area contributed by atoms with Crippen molar-refractivity contribution in [2.24, 2.45) is 0 Å². The molecule has 0 heterocycles. The maximum Gasteiger partial charge on any atom is 0.249 e. The summed E-state index contributed by atoms with van der Waals surface area (Å²) in [6, 6.07) is 10.1. The highest BCUT2D eigenvalue weighted by Crippen LogP contribution is 2.38. The van der Waals surface area contributed by atoms with Gasteiger partial charge >= 0.3 is 0 Å². The molecular weight excluding hydrogens is 214 g/mol. The summed E-state index contributed by atoms with van der Waals surface area (Å²) in [5.41, 5.74) is 0.876. The molecule has 1 aliphatic rings. The van der Waals surface area contributed by atoms with Gasteiger partial charge in [0.15, 0.2) is 0 Å². The van der Waals surface area contributed by atoms with Crippen LogP contribution in [0, 0.1) is 0 Å². The second kappa shape index (κ2) is 4.88. The van der Waals surface area contributed by atoms with Crippen LogP contribution in [0.1, 0.15) is 38.2 Å². The predicted molar refractivity (Wildman–Crippen MR) is 66.4 cm³/mol. The number of amides is 1. The van der Waals surface area contributed by atoms with Crippen molar-refractivity contribution < 1.29 is 9.90 Å². The molecule has 1 aliphatic carbocycles. The van der Waals surface area contributed by atoms with Crippen molar-refractivity contribution in [1.82, 2.24) is 5.32 Å². The van der Waals surface area contributed by atoms with Gasteiger partial charge in [-0.2, -0.15) is 0 Å². The third-order valence-corrected chi connectivity index (χ3v) is 3.53. The van der Waals surface area contributed by atoms with Gasteiger partial charge in [0, 0.05) is 0 Å². The predicted octanol–water partition coefficient (Wildman–Crippen LogP) is 1.95. The maximum atomic E-state index is 11.7. The second-order valence-electron chi connectivity index (χ2n) is 4.82. The molecule has 1 fully saturated rings. The van der Waals surface area contributed by atoms with E-state index in [2.05, 4.69) is 5.32 Å². The molecule has 1 aromatic rings. The number of hydrogen-bond donors (Lipinski definition) is 2. The molecule has 3 nitrogen and oxygen atoms in total. The zero-order valence-corrected chi connectivity index (χ0v) is 10.1. The number of aliphatic hydroxyl groups is 1. The normalized spacial score (nSPS) is 19.9. The van der Waals surface area contributed by atoms with Gasteiger partial charge in [-0.05, 0) is 25.3 Å². The lowest BCUT2D eigenvalue weighted by molar-refractivity contribution is -0.130. The van der Waals surface area contributed by atoms with Crippen LogP contribution in [0.5, 0.6) is 0 Å². The van der Waals surface area contributed by atoms with Crippen LogP contribution in [0.25, 0.3) is 0 Å². The Hall–Kier alpha value is -1.35. The molecule has 1 amide bonds. The molecule has 0 saturated heterocycles. The summed E-state index contributed by atoms with van der Waals surface area (Å²) in [5, 5.41) is 12.3.